The smallest absolute Gasteiger partial charge is 0.336 e. The van der Waals surface area contributed by atoms with Gasteiger partial charge in [0.15, 0.2) is 0 Å². The van der Waals surface area contributed by atoms with Gasteiger partial charge in [0.2, 0.25) is 0 Å². The third-order valence-corrected chi connectivity index (χ3v) is 5.57. The lowest BCUT2D eigenvalue weighted by molar-refractivity contribution is 0.0951. The Hall–Kier alpha value is -3.13. The predicted molar refractivity (Wildman–Crippen MR) is 100 cm³/mol. The molecule has 0 saturated heterocycles. The first-order valence-electron chi connectivity index (χ1n) is 8.38. The highest BCUT2D eigenvalue weighted by Gasteiger charge is 2.24. The standard InChI is InChI=1S/C19H16N2O5S/c22-18-9-4-12-11-16(7-8-17(12)26-18)27(24,25)21-15-3-1-2-13(10-15)19(23)20-14-5-6-14/h1-4,7-11,14,21H,5-6H2,(H,20,23). The third-order valence-electron chi connectivity index (χ3n) is 4.19. The Labute approximate surface area is 155 Å². The summed E-state index contributed by atoms with van der Waals surface area (Å²) in [5, 5.41) is 3.36. The normalized spacial score (nSPS) is 14.1. The molecular weight excluding hydrogens is 368 g/mol. The zero-order valence-corrected chi connectivity index (χ0v) is 15.0. The van der Waals surface area contributed by atoms with Crippen LogP contribution >= 0.6 is 0 Å². The zero-order chi connectivity index (χ0) is 19.0. The van der Waals surface area contributed by atoms with Gasteiger partial charge < -0.3 is 9.73 Å². The Morgan fingerprint density at radius 1 is 1.04 bits per heavy atom. The van der Waals surface area contributed by atoms with Crippen LogP contribution in [0.4, 0.5) is 5.69 Å². The maximum Gasteiger partial charge on any atom is 0.336 e. The molecule has 0 spiro atoms. The second kappa shape index (κ2) is 6.55. The molecule has 27 heavy (non-hydrogen) atoms. The molecule has 2 N–H and O–H groups in total. The Morgan fingerprint density at radius 3 is 2.63 bits per heavy atom. The molecular formula is C19H16N2O5S. The quantitative estimate of drug-likeness (QED) is 0.658. The van der Waals surface area contributed by atoms with Crippen LogP contribution in [0, 0.1) is 0 Å². The number of hydrogen-bond acceptors (Lipinski definition) is 5. The van der Waals surface area contributed by atoms with Gasteiger partial charge in [0, 0.05) is 28.7 Å². The summed E-state index contributed by atoms with van der Waals surface area (Å²) in [5.74, 6) is -0.223. The fourth-order valence-corrected chi connectivity index (χ4v) is 3.74. The number of rotatable bonds is 5. The zero-order valence-electron chi connectivity index (χ0n) is 14.1. The molecule has 4 rings (SSSR count). The van der Waals surface area contributed by atoms with Crippen molar-refractivity contribution < 1.29 is 17.6 Å². The molecule has 1 aliphatic carbocycles. The third kappa shape index (κ3) is 3.85. The van der Waals surface area contributed by atoms with Crippen LogP contribution < -0.4 is 15.7 Å². The van der Waals surface area contributed by atoms with Gasteiger partial charge in [-0.3, -0.25) is 9.52 Å². The Kier molecular flexibility index (Phi) is 4.19. The van der Waals surface area contributed by atoms with Gasteiger partial charge in [0.05, 0.1) is 4.90 Å². The van der Waals surface area contributed by atoms with Crippen LogP contribution in [0.15, 0.2) is 68.7 Å². The summed E-state index contributed by atoms with van der Waals surface area (Å²) in [7, 11) is -3.87. The molecule has 1 saturated carbocycles. The largest absolute Gasteiger partial charge is 0.423 e. The molecule has 1 heterocycles. The Balaban J connectivity index is 1.60. The van der Waals surface area contributed by atoms with Crippen molar-refractivity contribution >= 4 is 32.6 Å². The van der Waals surface area contributed by atoms with E-state index in [1.807, 2.05) is 0 Å². The number of benzene rings is 2. The van der Waals surface area contributed by atoms with Crippen molar-refractivity contribution in [2.75, 3.05) is 4.72 Å². The van der Waals surface area contributed by atoms with Gasteiger partial charge in [-0.1, -0.05) is 6.07 Å². The number of nitrogens with one attached hydrogen (secondary N) is 2. The van der Waals surface area contributed by atoms with Gasteiger partial charge in [-0.2, -0.15) is 0 Å². The van der Waals surface area contributed by atoms with E-state index in [0.717, 1.165) is 12.8 Å². The summed E-state index contributed by atoms with van der Waals surface area (Å²) < 4.78 is 32.8. The number of sulfonamides is 1. The van der Waals surface area contributed by atoms with Crippen molar-refractivity contribution in [1.29, 1.82) is 0 Å². The fourth-order valence-electron chi connectivity index (χ4n) is 2.65. The second-order valence-corrected chi connectivity index (χ2v) is 8.07. The van der Waals surface area contributed by atoms with Crippen LogP contribution in [0.5, 0.6) is 0 Å². The van der Waals surface area contributed by atoms with Crippen molar-refractivity contribution in [2.45, 2.75) is 23.8 Å². The second-order valence-electron chi connectivity index (χ2n) is 6.39. The first-order chi connectivity index (χ1) is 12.9. The minimum absolute atomic E-state index is 0.0247. The number of carbonyl (C=O) groups excluding carboxylic acids is 1. The Bertz CT molecular complexity index is 1200. The number of hydrogen-bond donors (Lipinski definition) is 2. The highest BCUT2D eigenvalue weighted by Crippen LogP contribution is 2.22. The van der Waals surface area contributed by atoms with Crippen molar-refractivity contribution in [3.05, 3.63) is 70.6 Å². The maximum atomic E-state index is 12.7. The summed E-state index contributed by atoms with van der Waals surface area (Å²) in [5.41, 5.74) is 0.484. The van der Waals surface area contributed by atoms with Gasteiger partial charge in [0.25, 0.3) is 15.9 Å². The predicted octanol–water partition coefficient (Wildman–Crippen LogP) is 2.49. The number of fused-ring (bicyclic) bond motifs is 1. The van der Waals surface area contributed by atoms with Gasteiger partial charge in [-0.15, -0.1) is 0 Å². The fraction of sp³-hybridized carbons (Fsp3) is 0.158. The average molecular weight is 384 g/mol. The minimum Gasteiger partial charge on any atom is -0.423 e. The first-order valence-corrected chi connectivity index (χ1v) is 9.87. The first kappa shape index (κ1) is 17.3. The lowest BCUT2D eigenvalue weighted by atomic mass is 10.2. The molecule has 0 aliphatic heterocycles. The molecule has 7 nitrogen and oxygen atoms in total. The van der Waals surface area contributed by atoms with Gasteiger partial charge >= 0.3 is 5.63 Å². The molecule has 0 atom stereocenters. The summed E-state index contributed by atoms with van der Waals surface area (Å²) in [6.45, 7) is 0. The number of anilines is 1. The van der Waals surface area contributed by atoms with Crippen molar-refractivity contribution in [2.24, 2.45) is 0 Å². The van der Waals surface area contributed by atoms with Crippen LogP contribution in [-0.4, -0.2) is 20.4 Å². The molecule has 1 aromatic heterocycles. The molecule has 0 radical (unpaired) electrons. The SMILES string of the molecule is O=C(NC1CC1)c1cccc(NS(=O)(=O)c2ccc3oc(=O)ccc3c2)c1. The molecule has 0 unspecified atom stereocenters. The maximum absolute atomic E-state index is 12.7. The van der Waals surface area contributed by atoms with Crippen LogP contribution in [-0.2, 0) is 10.0 Å². The van der Waals surface area contributed by atoms with Crippen LogP contribution in [0.3, 0.4) is 0 Å². The van der Waals surface area contributed by atoms with Crippen molar-refractivity contribution in [3.63, 3.8) is 0 Å². The summed E-state index contributed by atoms with van der Waals surface area (Å²) in [6, 6.07) is 13.5. The van der Waals surface area contributed by atoms with Crippen LogP contribution in [0.1, 0.15) is 23.2 Å². The number of carbonyl (C=O) groups is 1. The lowest BCUT2D eigenvalue weighted by Crippen LogP contribution is -2.25. The van der Waals surface area contributed by atoms with E-state index < -0.39 is 15.6 Å². The van der Waals surface area contributed by atoms with Crippen molar-refractivity contribution in [3.8, 4) is 0 Å². The van der Waals surface area contributed by atoms with Crippen LogP contribution in [0.2, 0.25) is 0 Å². The molecule has 138 valence electrons. The van der Waals surface area contributed by atoms with E-state index in [0.29, 0.717) is 16.5 Å². The highest BCUT2D eigenvalue weighted by atomic mass is 32.2. The van der Waals surface area contributed by atoms with Crippen molar-refractivity contribution in [1.82, 2.24) is 5.32 Å². The van der Waals surface area contributed by atoms with E-state index >= 15 is 0 Å². The van der Waals surface area contributed by atoms with Crippen LogP contribution in [0.25, 0.3) is 11.0 Å². The van der Waals surface area contributed by atoms with E-state index in [2.05, 4.69) is 10.0 Å². The molecule has 0 bridgehead atoms. The van der Waals surface area contributed by atoms with E-state index in [-0.39, 0.29) is 22.5 Å². The number of amides is 1. The van der Waals surface area contributed by atoms with Gasteiger partial charge in [0.1, 0.15) is 5.58 Å². The molecule has 1 fully saturated rings. The monoisotopic (exact) mass is 384 g/mol. The molecule has 1 amide bonds. The summed E-state index contributed by atoms with van der Waals surface area (Å²) in [4.78, 5) is 23.4. The average Bonchev–Trinajstić information content (AvgIpc) is 3.45. The highest BCUT2D eigenvalue weighted by molar-refractivity contribution is 7.92. The molecule has 1 aliphatic rings. The molecule has 2 aromatic carbocycles. The van der Waals surface area contributed by atoms with E-state index in [1.54, 1.807) is 18.2 Å². The lowest BCUT2D eigenvalue weighted by Gasteiger charge is -2.10. The summed E-state index contributed by atoms with van der Waals surface area (Å²) >= 11 is 0. The van der Waals surface area contributed by atoms with E-state index in [4.69, 9.17) is 4.42 Å². The van der Waals surface area contributed by atoms with E-state index in [1.165, 1.54) is 36.4 Å². The summed E-state index contributed by atoms with van der Waals surface area (Å²) in [6.07, 6.45) is 1.94. The molecule has 3 aromatic rings. The topological polar surface area (TPSA) is 105 Å². The minimum atomic E-state index is -3.87. The van der Waals surface area contributed by atoms with Gasteiger partial charge in [-0.05, 0) is 55.3 Å². The van der Waals surface area contributed by atoms with Gasteiger partial charge in [-0.25, -0.2) is 13.2 Å². The Morgan fingerprint density at radius 2 is 1.85 bits per heavy atom. The van der Waals surface area contributed by atoms with E-state index in [9.17, 15) is 18.0 Å². The molecule has 8 heteroatoms.